The standard InChI is InChI=1S/C17H23N3O3.ClH/c1-4-22-13-5-6-15-14(11-13)12(2)16(23-15)17(21)18-20-9-7-19(3)8-10-20;/h5-6,11H,4,7-10H2,1-3H3,(H,18,21);1H. The maximum absolute atomic E-state index is 12.5. The minimum absolute atomic E-state index is 0. The number of nitrogens with zero attached hydrogens (tertiary/aromatic N) is 2. The first kappa shape index (κ1) is 18.6. The van der Waals surface area contributed by atoms with Gasteiger partial charge in [-0.15, -0.1) is 12.4 Å². The lowest BCUT2D eigenvalue weighted by atomic mass is 10.1. The third kappa shape index (κ3) is 3.83. The molecule has 7 heteroatoms. The van der Waals surface area contributed by atoms with Crippen LogP contribution in [-0.2, 0) is 0 Å². The molecule has 0 radical (unpaired) electrons. The van der Waals surface area contributed by atoms with Gasteiger partial charge in [-0.3, -0.25) is 10.2 Å². The van der Waals surface area contributed by atoms with Gasteiger partial charge in [0.2, 0.25) is 0 Å². The van der Waals surface area contributed by atoms with Crippen molar-refractivity contribution >= 4 is 29.3 Å². The van der Waals surface area contributed by atoms with E-state index in [1.165, 1.54) is 0 Å². The van der Waals surface area contributed by atoms with Gasteiger partial charge in [-0.1, -0.05) is 0 Å². The summed E-state index contributed by atoms with van der Waals surface area (Å²) in [5.74, 6) is 0.962. The zero-order chi connectivity index (χ0) is 16.4. The van der Waals surface area contributed by atoms with Crippen LogP contribution >= 0.6 is 12.4 Å². The number of aryl methyl sites for hydroxylation is 1. The van der Waals surface area contributed by atoms with Gasteiger partial charge in [-0.2, -0.15) is 0 Å². The second-order valence-corrected chi connectivity index (χ2v) is 5.88. The fourth-order valence-corrected chi connectivity index (χ4v) is 2.79. The van der Waals surface area contributed by atoms with E-state index in [0.29, 0.717) is 18.0 Å². The second-order valence-electron chi connectivity index (χ2n) is 5.88. The summed E-state index contributed by atoms with van der Waals surface area (Å²) in [6.07, 6.45) is 0. The van der Waals surface area contributed by atoms with Gasteiger partial charge in [0.1, 0.15) is 11.3 Å². The van der Waals surface area contributed by atoms with E-state index >= 15 is 0 Å². The van der Waals surface area contributed by atoms with E-state index < -0.39 is 0 Å². The molecule has 6 nitrogen and oxygen atoms in total. The second kappa shape index (κ2) is 7.88. The van der Waals surface area contributed by atoms with Crippen LogP contribution in [0.4, 0.5) is 0 Å². The van der Waals surface area contributed by atoms with Crippen LogP contribution in [0.5, 0.6) is 5.75 Å². The predicted molar refractivity (Wildman–Crippen MR) is 95.9 cm³/mol. The van der Waals surface area contributed by atoms with Crippen molar-refractivity contribution in [2.45, 2.75) is 13.8 Å². The Morgan fingerprint density at radius 1 is 1.29 bits per heavy atom. The zero-order valence-corrected chi connectivity index (χ0v) is 15.1. The first-order valence-corrected chi connectivity index (χ1v) is 7.99. The highest BCUT2D eigenvalue weighted by atomic mass is 35.5. The smallest absolute Gasteiger partial charge is 0.301 e. The lowest BCUT2D eigenvalue weighted by Gasteiger charge is -2.32. The third-order valence-corrected chi connectivity index (χ3v) is 4.19. The fourth-order valence-electron chi connectivity index (χ4n) is 2.79. The largest absolute Gasteiger partial charge is 0.494 e. The number of hydrogen-bond acceptors (Lipinski definition) is 5. The zero-order valence-electron chi connectivity index (χ0n) is 14.3. The van der Waals surface area contributed by atoms with Crippen LogP contribution < -0.4 is 10.2 Å². The summed E-state index contributed by atoms with van der Waals surface area (Å²) in [4.78, 5) is 14.7. The van der Waals surface area contributed by atoms with Gasteiger partial charge in [0, 0.05) is 37.1 Å². The Bertz CT molecular complexity index is 708. The summed E-state index contributed by atoms with van der Waals surface area (Å²) in [5.41, 5.74) is 4.48. The molecule has 0 spiro atoms. The maximum Gasteiger partial charge on any atom is 0.301 e. The van der Waals surface area contributed by atoms with Crippen molar-refractivity contribution in [2.75, 3.05) is 39.8 Å². The highest BCUT2D eigenvalue weighted by Gasteiger charge is 2.22. The van der Waals surface area contributed by atoms with Crippen molar-refractivity contribution in [3.05, 3.63) is 29.5 Å². The lowest BCUT2D eigenvalue weighted by molar-refractivity contribution is 0.0638. The molecule has 1 aliphatic heterocycles. The number of rotatable bonds is 4. The molecule has 1 amide bonds. The van der Waals surface area contributed by atoms with Crippen LogP contribution in [0.3, 0.4) is 0 Å². The number of piperazine rings is 1. The summed E-state index contributed by atoms with van der Waals surface area (Å²) in [7, 11) is 2.08. The molecule has 0 aliphatic carbocycles. The SMILES string of the molecule is CCOc1ccc2oc(C(=O)NN3CCN(C)CC3)c(C)c2c1.Cl. The predicted octanol–water partition coefficient (Wildman–Crippen LogP) is 2.45. The van der Waals surface area contributed by atoms with Crippen LogP contribution in [-0.4, -0.2) is 55.6 Å². The lowest BCUT2D eigenvalue weighted by Crippen LogP contribution is -2.52. The number of fused-ring (bicyclic) bond motifs is 1. The average Bonchev–Trinajstić information content (AvgIpc) is 2.87. The molecule has 0 bridgehead atoms. The highest BCUT2D eigenvalue weighted by molar-refractivity contribution is 5.99. The molecular weight excluding hydrogens is 330 g/mol. The van der Waals surface area contributed by atoms with Crippen molar-refractivity contribution < 1.29 is 13.9 Å². The van der Waals surface area contributed by atoms with Gasteiger partial charge in [-0.25, -0.2) is 5.01 Å². The molecule has 2 aromatic rings. The molecule has 1 aromatic heterocycles. The number of carbonyl (C=O) groups is 1. The molecule has 1 saturated heterocycles. The molecule has 132 valence electrons. The number of amides is 1. The number of nitrogens with one attached hydrogen (secondary N) is 1. The fraction of sp³-hybridized carbons (Fsp3) is 0.471. The highest BCUT2D eigenvalue weighted by Crippen LogP contribution is 2.28. The Balaban J connectivity index is 0.00000208. The van der Waals surface area contributed by atoms with Crippen LogP contribution in [0.1, 0.15) is 23.0 Å². The minimum atomic E-state index is -0.193. The van der Waals surface area contributed by atoms with Crippen molar-refractivity contribution in [1.82, 2.24) is 15.3 Å². The summed E-state index contributed by atoms with van der Waals surface area (Å²) >= 11 is 0. The normalized spacial score (nSPS) is 16.0. The van der Waals surface area contributed by atoms with Crippen LogP contribution in [0.15, 0.2) is 22.6 Å². The van der Waals surface area contributed by atoms with Gasteiger partial charge in [0.25, 0.3) is 0 Å². The van der Waals surface area contributed by atoms with E-state index in [1.54, 1.807) is 0 Å². The van der Waals surface area contributed by atoms with Crippen molar-refractivity contribution in [3.8, 4) is 5.75 Å². The Morgan fingerprint density at radius 3 is 2.67 bits per heavy atom. The summed E-state index contributed by atoms with van der Waals surface area (Å²) in [6, 6.07) is 5.63. The van der Waals surface area contributed by atoms with Gasteiger partial charge >= 0.3 is 5.91 Å². The molecule has 1 fully saturated rings. The molecule has 0 atom stereocenters. The molecule has 1 aromatic carbocycles. The molecule has 0 unspecified atom stereocenters. The quantitative estimate of drug-likeness (QED) is 0.915. The average molecular weight is 354 g/mol. The number of likely N-dealkylation sites (N-methyl/N-ethyl adjacent to an activating group) is 1. The van der Waals surface area contributed by atoms with Gasteiger partial charge in [0.05, 0.1) is 6.61 Å². The monoisotopic (exact) mass is 353 g/mol. The number of furan rings is 1. The molecule has 3 rings (SSSR count). The third-order valence-electron chi connectivity index (χ3n) is 4.19. The number of carbonyl (C=O) groups excluding carboxylic acids is 1. The van der Waals surface area contributed by atoms with Gasteiger partial charge in [-0.05, 0) is 39.1 Å². The Kier molecular flexibility index (Phi) is 6.10. The number of benzene rings is 1. The molecule has 0 saturated carbocycles. The molecule has 1 aliphatic rings. The number of hydrazine groups is 1. The molecule has 24 heavy (non-hydrogen) atoms. The van der Waals surface area contributed by atoms with Crippen molar-refractivity contribution in [1.29, 1.82) is 0 Å². The van der Waals surface area contributed by atoms with E-state index in [0.717, 1.165) is 42.9 Å². The number of ether oxygens (including phenoxy) is 1. The Hall–Kier alpha value is -1.76. The first-order valence-electron chi connectivity index (χ1n) is 7.99. The van der Waals surface area contributed by atoms with Crippen molar-refractivity contribution in [3.63, 3.8) is 0 Å². The number of hydrogen-bond donors (Lipinski definition) is 1. The van der Waals surface area contributed by atoms with Crippen LogP contribution in [0.2, 0.25) is 0 Å². The van der Waals surface area contributed by atoms with E-state index in [1.807, 2.05) is 37.1 Å². The Labute approximate surface area is 148 Å². The van der Waals surface area contributed by atoms with E-state index in [2.05, 4.69) is 17.4 Å². The first-order chi connectivity index (χ1) is 11.1. The minimum Gasteiger partial charge on any atom is -0.494 e. The van der Waals surface area contributed by atoms with E-state index in [-0.39, 0.29) is 18.3 Å². The van der Waals surface area contributed by atoms with Gasteiger partial charge < -0.3 is 14.1 Å². The summed E-state index contributed by atoms with van der Waals surface area (Å²) in [5, 5.41) is 2.86. The van der Waals surface area contributed by atoms with Crippen molar-refractivity contribution in [2.24, 2.45) is 0 Å². The van der Waals surface area contributed by atoms with E-state index in [9.17, 15) is 4.79 Å². The van der Waals surface area contributed by atoms with Crippen LogP contribution in [0, 0.1) is 6.92 Å². The number of halogens is 1. The summed E-state index contributed by atoms with van der Waals surface area (Å²) in [6.45, 7) is 7.97. The molecular formula is C17H24ClN3O3. The molecule has 2 heterocycles. The topological polar surface area (TPSA) is 58.0 Å². The Morgan fingerprint density at radius 2 is 2.00 bits per heavy atom. The van der Waals surface area contributed by atoms with Crippen LogP contribution in [0.25, 0.3) is 11.0 Å². The van der Waals surface area contributed by atoms with Gasteiger partial charge in [0.15, 0.2) is 5.76 Å². The summed E-state index contributed by atoms with van der Waals surface area (Å²) < 4.78 is 11.3. The maximum atomic E-state index is 12.5. The van der Waals surface area contributed by atoms with E-state index in [4.69, 9.17) is 9.15 Å². The molecule has 1 N–H and O–H groups in total.